The van der Waals surface area contributed by atoms with Gasteiger partial charge in [-0.1, -0.05) is 18.2 Å². The molecule has 2 heteroatoms. The van der Waals surface area contributed by atoms with Crippen LogP contribution < -0.4 is 0 Å². The zero-order valence-corrected chi connectivity index (χ0v) is 10.1. The number of rotatable bonds is 1. The Kier molecular flexibility index (Phi) is 2.63. The molecular formula is C15H16N2. The molecule has 0 spiro atoms. The van der Waals surface area contributed by atoms with Gasteiger partial charge in [0, 0.05) is 17.3 Å². The summed E-state index contributed by atoms with van der Waals surface area (Å²) in [7, 11) is 0. The molecule has 0 saturated heterocycles. The van der Waals surface area contributed by atoms with Gasteiger partial charge in [-0.15, -0.1) is 0 Å². The smallest absolute Gasteiger partial charge is 0.0769 e. The third-order valence-electron chi connectivity index (χ3n) is 3.40. The van der Waals surface area contributed by atoms with Gasteiger partial charge in [0.1, 0.15) is 0 Å². The van der Waals surface area contributed by atoms with Crippen molar-refractivity contribution < 1.29 is 0 Å². The summed E-state index contributed by atoms with van der Waals surface area (Å²) >= 11 is 0. The lowest BCUT2D eigenvalue weighted by atomic mass is 9.93. The molecule has 0 aliphatic heterocycles. The number of aryl methyl sites for hydroxylation is 1. The Balaban J connectivity index is 2.36. The van der Waals surface area contributed by atoms with Gasteiger partial charge < -0.3 is 0 Å². The third-order valence-corrected chi connectivity index (χ3v) is 3.40. The minimum atomic E-state index is 1.08. The lowest BCUT2D eigenvalue weighted by Crippen LogP contribution is -2.06. The van der Waals surface area contributed by atoms with Crippen LogP contribution in [0.15, 0.2) is 29.3 Å². The summed E-state index contributed by atoms with van der Waals surface area (Å²) in [5, 5.41) is 1.19. The standard InChI is InChI=1S/C15H16N2/c1-2-16-15-11-7-3-5-9-13(11)17-14-10-6-4-8-12(14)15/h2-3,5,7,9H,4,6,8,10H2,1H3. The van der Waals surface area contributed by atoms with E-state index in [9.17, 15) is 0 Å². The number of fused-ring (bicyclic) bond motifs is 2. The summed E-state index contributed by atoms with van der Waals surface area (Å²) in [5.74, 6) is 0. The highest BCUT2D eigenvalue weighted by molar-refractivity contribution is 5.93. The number of benzene rings is 1. The second-order valence-electron chi connectivity index (χ2n) is 4.50. The summed E-state index contributed by atoms with van der Waals surface area (Å²) in [6, 6.07) is 8.32. The molecule has 1 aliphatic carbocycles. The van der Waals surface area contributed by atoms with E-state index in [4.69, 9.17) is 4.98 Å². The molecule has 17 heavy (non-hydrogen) atoms. The Morgan fingerprint density at radius 1 is 1.18 bits per heavy atom. The number of para-hydroxylation sites is 1. The maximum atomic E-state index is 4.78. The van der Waals surface area contributed by atoms with Crippen LogP contribution in [0.1, 0.15) is 31.0 Å². The van der Waals surface area contributed by atoms with Gasteiger partial charge in [0.2, 0.25) is 0 Å². The maximum absolute atomic E-state index is 4.78. The fraction of sp³-hybridized carbons (Fsp3) is 0.333. The predicted molar refractivity (Wildman–Crippen MR) is 72.2 cm³/mol. The molecule has 0 amide bonds. The SMILES string of the molecule is CC=Nc1c2c(nc3ccccc13)CCCC2. The number of aromatic nitrogens is 1. The minimum Gasteiger partial charge on any atom is -0.260 e. The molecule has 2 nitrogen and oxygen atoms in total. The summed E-state index contributed by atoms with van der Waals surface area (Å²) in [6.45, 7) is 1.98. The van der Waals surface area contributed by atoms with Crippen molar-refractivity contribution in [1.82, 2.24) is 4.98 Å². The van der Waals surface area contributed by atoms with Crippen LogP contribution in [-0.4, -0.2) is 11.2 Å². The van der Waals surface area contributed by atoms with Crippen molar-refractivity contribution >= 4 is 22.8 Å². The Morgan fingerprint density at radius 2 is 2.00 bits per heavy atom. The molecule has 3 rings (SSSR count). The number of hydrogen-bond donors (Lipinski definition) is 0. The summed E-state index contributed by atoms with van der Waals surface area (Å²) in [5.41, 5.74) is 4.85. The van der Waals surface area contributed by atoms with Gasteiger partial charge in [-0.05, 0) is 44.2 Å². The molecule has 0 N–H and O–H groups in total. The number of hydrogen-bond acceptors (Lipinski definition) is 2. The quantitative estimate of drug-likeness (QED) is 0.676. The second-order valence-corrected chi connectivity index (χ2v) is 4.50. The van der Waals surface area contributed by atoms with Gasteiger partial charge in [0.25, 0.3) is 0 Å². The molecule has 1 aromatic heterocycles. The molecule has 0 fully saturated rings. The summed E-state index contributed by atoms with van der Waals surface area (Å²) < 4.78 is 0. The maximum Gasteiger partial charge on any atom is 0.0769 e. The topological polar surface area (TPSA) is 25.2 Å². The van der Waals surface area contributed by atoms with Crippen molar-refractivity contribution in [3.05, 3.63) is 35.5 Å². The van der Waals surface area contributed by atoms with Gasteiger partial charge in [-0.3, -0.25) is 9.98 Å². The monoisotopic (exact) mass is 224 g/mol. The molecule has 0 bridgehead atoms. The average Bonchev–Trinajstić information content (AvgIpc) is 2.39. The highest BCUT2D eigenvalue weighted by Crippen LogP contribution is 2.34. The van der Waals surface area contributed by atoms with E-state index in [0.717, 1.165) is 24.0 Å². The first kappa shape index (κ1) is 10.5. The molecule has 1 heterocycles. The van der Waals surface area contributed by atoms with Crippen molar-refractivity contribution in [3.63, 3.8) is 0 Å². The van der Waals surface area contributed by atoms with Crippen LogP contribution in [0.4, 0.5) is 5.69 Å². The van der Waals surface area contributed by atoms with Crippen LogP contribution in [0.25, 0.3) is 10.9 Å². The van der Waals surface area contributed by atoms with E-state index in [1.54, 1.807) is 0 Å². The third kappa shape index (κ3) is 1.74. The predicted octanol–water partition coefficient (Wildman–Crippen LogP) is 3.84. The lowest BCUT2D eigenvalue weighted by Gasteiger charge is -2.18. The van der Waals surface area contributed by atoms with Crippen molar-refractivity contribution in [1.29, 1.82) is 0 Å². The molecule has 2 aromatic rings. The first-order valence-corrected chi connectivity index (χ1v) is 6.29. The first-order chi connectivity index (χ1) is 8.40. The fourth-order valence-corrected chi connectivity index (χ4v) is 2.62. The molecule has 0 saturated carbocycles. The van der Waals surface area contributed by atoms with Crippen LogP contribution in [0.5, 0.6) is 0 Å². The Hall–Kier alpha value is -1.70. The van der Waals surface area contributed by atoms with Crippen molar-refractivity contribution in [2.45, 2.75) is 32.6 Å². The van der Waals surface area contributed by atoms with Gasteiger partial charge in [-0.2, -0.15) is 0 Å². The van der Waals surface area contributed by atoms with Gasteiger partial charge in [0.15, 0.2) is 0 Å². The lowest BCUT2D eigenvalue weighted by molar-refractivity contribution is 0.672. The number of pyridine rings is 1. The molecule has 1 aliphatic rings. The van der Waals surface area contributed by atoms with Crippen LogP contribution in [0, 0.1) is 0 Å². The Labute approximate surface area is 101 Å². The van der Waals surface area contributed by atoms with E-state index >= 15 is 0 Å². The van der Waals surface area contributed by atoms with E-state index in [2.05, 4.69) is 23.2 Å². The minimum absolute atomic E-state index is 1.08. The van der Waals surface area contributed by atoms with E-state index < -0.39 is 0 Å². The zero-order valence-electron chi connectivity index (χ0n) is 10.1. The van der Waals surface area contributed by atoms with Crippen molar-refractivity contribution in [2.75, 3.05) is 0 Å². The highest BCUT2D eigenvalue weighted by atomic mass is 14.8. The van der Waals surface area contributed by atoms with Crippen LogP contribution in [0.2, 0.25) is 0 Å². The highest BCUT2D eigenvalue weighted by Gasteiger charge is 2.17. The van der Waals surface area contributed by atoms with E-state index in [1.165, 1.54) is 29.5 Å². The zero-order chi connectivity index (χ0) is 11.7. The second kappa shape index (κ2) is 4.28. The van der Waals surface area contributed by atoms with Crippen molar-refractivity contribution in [2.24, 2.45) is 4.99 Å². The van der Waals surface area contributed by atoms with Crippen molar-refractivity contribution in [3.8, 4) is 0 Å². The van der Waals surface area contributed by atoms with E-state index in [1.807, 2.05) is 19.2 Å². The molecule has 0 unspecified atom stereocenters. The number of aliphatic imine (C=N–C) groups is 1. The van der Waals surface area contributed by atoms with Crippen LogP contribution >= 0.6 is 0 Å². The summed E-state index contributed by atoms with van der Waals surface area (Å²) in [4.78, 5) is 9.37. The van der Waals surface area contributed by atoms with Gasteiger partial charge >= 0.3 is 0 Å². The molecule has 86 valence electrons. The molecule has 1 aromatic carbocycles. The summed E-state index contributed by atoms with van der Waals surface area (Å²) in [6.07, 6.45) is 6.63. The van der Waals surface area contributed by atoms with Crippen LogP contribution in [0.3, 0.4) is 0 Å². The largest absolute Gasteiger partial charge is 0.260 e. The van der Waals surface area contributed by atoms with Gasteiger partial charge in [-0.25, -0.2) is 0 Å². The van der Waals surface area contributed by atoms with E-state index in [-0.39, 0.29) is 0 Å². The fourth-order valence-electron chi connectivity index (χ4n) is 2.62. The van der Waals surface area contributed by atoms with E-state index in [0.29, 0.717) is 0 Å². The Morgan fingerprint density at radius 3 is 2.88 bits per heavy atom. The first-order valence-electron chi connectivity index (χ1n) is 6.29. The molecule has 0 radical (unpaired) electrons. The average molecular weight is 224 g/mol. The van der Waals surface area contributed by atoms with Crippen LogP contribution in [-0.2, 0) is 12.8 Å². The number of nitrogens with zero attached hydrogens (tertiary/aromatic N) is 2. The molecular weight excluding hydrogens is 208 g/mol. The normalized spacial score (nSPS) is 15.4. The molecule has 0 atom stereocenters. The van der Waals surface area contributed by atoms with Gasteiger partial charge in [0.05, 0.1) is 11.2 Å². The Bertz CT molecular complexity index is 585.